The number of carbonyl (C=O) groups excluding carboxylic acids is 2. The molecule has 1 atom stereocenters. The predicted molar refractivity (Wildman–Crippen MR) is 81.8 cm³/mol. The molecule has 1 aromatic rings. The van der Waals surface area contributed by atoms with Crippen molar-refractivity contribution in [2.75, 3.05) is 32.8 Å². The van der Waals surface area contributed by atoms with E-state index in [4.69, 9.17) is 10.5 Å². The van der Waals surface area contributed by atoms with Gasteiger partial charge in [-0.25, -0.2) is 4.79 Å². The van der Waals surface area contributed by atoms with E-state index in [-0.39, 0.29) is 5.75 Å². The number of ether oxygens (including phenoxy) is 1. The first-order chi connectivity index (χ1) is 11.1. The molecule has 0 bridgehead atoms. The first-order valence-corrected chi connectivity index (χ1v) is 7.38. The Morgan fingerprint density at radius 3 is 2.70 bits per heavy atom. The molecule has 0 aromatic heterocycles. The highest BCUT2D eigenvalue weighted by molar-refractivity contribution is 6.20. The second-order valence-corrected chi connectivity index (χ2v) is 5.46. The third kappa shape index (κ3) is 3.03. The predicted octanol–water partition coefficient (Wildman–Crippen LogP) is -0.0344. The minimum atomic E-state index is -0.924. The van der Waals surface area contributed by atoms with Crippen LogP contribution in [0, 0.1) is 5.92 Å². The summed E-state index contributed by atoms with van der Waals surface area (Å²) in [6, 6.07) is 5.67. The molecule has 0 radical (unpaired) electrons. The Labute approximate surface area is 133 Å². The van der Waals surface area contributed by atoms with E-state index >= 15 is 0 Å². The molecule has 0 saturated carbocycles. The minimum Gasteiger partial charge on any atom is -0.507 e. The quantitative estimate of drug-likeness (QED) is 0.813. The van der Waals surface area contributed by atoms with Crippen LogP contribution in [-0.4, -0.2) is 65.5 Å². The van der Waals surface area contributed by atoms with E-state index < -0.39 is 17.9 Å². The Balaban J connectivity index is 1.91. The fraction of sp³-hybridized carbons (Fsp3) is 0.400. The van der Waals surface area contributed by atoms with Gasteiger partial charge in [-0.2, -0.15) is 5.10 Å². The summed E-state index contributed by atoms with van der Waals surface area (Å²) >= 11 is 0. The Hall–Kier alpha value is -2.45. The van der Waals surface area contributed by atoms with Crippen LogP contribution >= 0.6 is 0 Å². The van der Waals surface area contributed by atoms with E-state index in [9.17, 15) is 14.7 Å². The van der Waals surface area contributed by atoms with Gasteiger partial charge in [0.1, 0.15) is 5.75 Å². The number of hydrogen-bond donors (Lipinski definition) is 2. The number of aromatic hydroxyl groups is 1. The van der Waals surface area contributed by atoms with Crippen molar-refractivity contribution in [3.8, 4) is 5.75 Å². The van der Waals surface area contributed by atoms with Crippen molar-refractivity contribution in [2.45, 2.75) is 0 Å². The number of morpholine rings is 1. The molecule has 3 amide bonds. The maximum atomic E-state index is 12.5. The van der Waals surface area contributed by atoms with Gasteiger partial charge >= 0.3 is 6.03 Å². The number of rotatable bonds is 3. The van der Waals surface area contributed by atoms with Crippen LogP contribution in [0.2, 0.25) is 0 Å². The summed E-state index contributed by atoms with van der Waals surface area (Å²) in [5.74, 6) is -1.10. The third-order valence-electron chi connectivity index (χ3n) is 3.98. The van der Waals surface area contributed by atoms with E-state index in [1.807, 2.05) is 0 Å². The summed E-state index contributed by atoms with van der Waals surface area (Å²) in [7, 11) is 0. The lowest BCUT2D eigenvalue weighted by molar-refractivity contribution is -0.129. The number of hydrazone groups is 1. The van der Waals surface area contributed by atoms with Crippen molar-refractivity contribution in [1.82, 2.24) is 9.91 Å². The molecule has 23 heavy (non-hydrogen) atoms. The van der Waals surface area contributed by atoms with Crippen molar-refractivity contribution >= 4 is 17.6 Å². The second-order valence-electron chi connectivity index (χ2n) is 5.46. The molecule has 1 unspecified atom stereocenters. The van der Waals surface area contributed by atoms with E-state index in [0.717, 1.165) is 0 Å². The molecule has 1 fully saturated rings. The standard InChI is InChI=1S/C15H18N4O4/c16-15(22)19-14(21)11(9-18-5-7-23-8-6-18)13(17-19)10-3-1-2-4-12(10)20/h1-4,11,20H,5-9H2,(H2,16,22). The summed E-state index contributed by atoms with van der Waals surface area (Å²) in [4.78, 5) is 26.0. The number of imide groups is 1. The second kappa shape index (κ2) is 6.35. The van der Waals surface area contributed by atoms with Crippen molar-refractivity contribution in [1.29, 1.82) is 0 Å². The van der Waals surface area contributed by atoms with Gasteiger partial charge in [0.25, 0.3) is 5.91 Å². The lowest BCUT2D eigenvalue weighted by atomic mass is 9.95. The summed E-state index contributed by atoms with van der Waals surface area (Å²) in [5, 5.41) is 14.8. The van der Waals surface area contributed by atoms with E-state index in [2.05, 4.69) is 10.0 Å². The minimum absolute atomic E-state index is 0.0114. The lowest BCUT2D eigenvalue weighted by Crippen LogP contribution is -2.44. The van der Waals surface area contributed by atoms with Gasteiger partial charge < -0.3 is 15.6 Å². The van der Waals surface area contributed by atoms with Crippen LogP contribution in [0.3, 0.4) is 0 Å². The largest absolute Gasteiger partial charge is 0.507 e. The number of urea groups is 1. The van der Waals surface area contributed by atoms with Gasteiger partial charge in [-0.05, 0) is 12.1 Å². The van der Waals surface area contributed by atoms with Gasteiger partial charge in [-0.3, -0.25) is 9.69 Å². The average Bonchev–Trinajstić information content (AvgIpc) is 2.86. The molecule has 3 N–H and O–H groups in total. The highest BCUT2D eigenvalue weighted by Gasteiger charge is 2.40. The van der Waals surface area contributed by atoms with Gasteiger partial charge in [0.15, 0.2) is 0 Å². The number of primary amides is 1. The number of amides is 3. The average molecular weight is 318 g/mol. The smallest absolute Gasteiger partial charge is 0.342 e. The monoisotopic (exact) mass is 318 g/mol. The Kier molecular flexibility index (Phi) is 4.26. The summed E-state index contributed by atoms with van der Waals surface area (Å²) in [6.45, 7) is 3.01. The molecule has 1 saturated heterocycles. The molecule has 1 aromatic carbocycles. The van der Waals surface area contributed by atoms with Gasteiger partial charge in [0, 0.05) is 25.2 Å². The van der Waals surface area contributed by atoms with Crippen LogP contribution in [0.1, 0.15) is 5.56 Å². The van der Waals surface area contributed by atoms with Crippen molar-refractivity contribution in [2.24, 2.45) is 16.8 Å². The van der Waals surface area contributed by atoms with Gasteiger partial charge in [-0.15, -0.1) is 5.01 Å². The number of phenolic OH excluding ortho intramolecular Hbond substituents is 1. The maximum Gasteiger partial charge on any atom is 0.342 e. The van der Waals surface area contributed by atoms with Crippen LogP contribution in [-0.2, 0) is 9.53 Å². The molecule has 8 heteroatoms. The first kappa shape index (κ1) is 15.4. The lowest BCUT2D eigenvalue weighted by Gasteiger charge is -2.28. The first-order valence-electron chi connectivity index (χ1n) is 7.38. The fourth-order valence-electron chi connectivity index (χ4n) is 2.79. The Bertz CT molecular complexity index is 655. The fourth-order valence-corrected chi connectivity index (χ4v) is 2.79. The van der Waals surface area contributed by atoms with Gasteiger partial charge in [0.05, 0.1) is 24.8 Å². The van der Waals surface area contributed by atoms with Crippen molar-refractivity contribution < 1.29 is 19.4 Å². The van der Waals surface area contributed by atoms with Crippen LogP contribution in [0.15, 0.2) is 29.4 Å². The summed E-state index contributed by atoms with van der Waals surface area (Å²) < 4.78 is 5.30. The Morgan fingerprint density at radius 1 is 1.35 bits per heavy atom. The molecule has 0 aliphatic carbocycles. The molecule has 2 aliphatic heterocycles. The normalized spacial score (nSPS) is 22.3. The zero-order valence-electron chi connectivity index (χ0n) is 12.5. The SMILES string of the molecule is NC(=O)N1N=C(c2ccccc2O)C(CN2CCOCC2)C1=O. The van der Waals surface area contributed by atoms with Gasteiger partial charge in [-0.1, -0.05) is 12.1 Å². The third-order valence-corrected chi connectivity index (χ3v) is 3.98. The molecule has 3 rings (SSSR count). The number of benzene rings is 1. The maximum absolute atomic E-state index is 12.5. The van der Waals surface area contributed by atoms with E-state index in [0.29, 0.717) is 49.1 Å². The number of nitrogens with two attached hydrogens (primary N) is 1. The highest BCUT2D eigenvalue weighted by Crippen LogP contribution is 2.27. The summed E-state index contributed by atoms with van der Waals surface area (Å²) in [6.07, 6.45) is 0. The van der Waals surface area contributed by atoms with Gasteiger partial charge in [0.2, 0.25) is 0 Å². The molecule has 122 valence electrons. The number of phenols is 1. The molecular formula is C15H18N4O4. The van der Waals surface area contributed by atoms with E-state index in [1.165, 1.54) is 6.07 Å². The van der Waals surface area contributed by atoms with E-state index in [1.54, 1.807) is 18.2 Å². The van der Waals surface area contributed by atoms with Crippen molar-refractivity contribution in [3.63, 3.8) is 0 Å². The number of carbonyl (C=O) groups is 2. The highest BCUT2D eigenvalue weighted by atomic mass is 16.5. The van der Waals surface area contributed by atoms with Crippen LogP contribution < -0.4 is 5.73 Å². The number of hydrogen-bond acceptors (Lipinski definition) is 6. The number of para-hydroxylation sites is 1. The van der Waals surface area contributed by atoms with Crippen LogP contribution in [0.5, 0.6) is 5.75 Å². The zero-order valence-corrected chi connectivity index (χ0v) is 12.5. The molecule has 8 nitrogen and oxygen atoms in total. The molecule has 2 aliphatic rings. The molecule has 0 spiro atoms. The number of nitrogens with zero attached hydrogens (tertiary/aromatic N) is 3. The zero-order chi connectivity index (χ0) is 16.4. The summed E-state index contributed by atoms with van der Waals surface area (Å²) in [5.41, 5.74) is 6.02. The van der Waals surface area contributed by atoms with Crippen LogP contribution in [0.25, 0.3) is 0 Å². The van der Waals surface area contributed by atoms with Crippen LogP contribution in [0.4, 0.5) is 4.79 Å². The molecule has 2 heterocycles. The Morgan fingerprint density at radius 2 is 2.04 bits per heavy atom. The van der Waals surface area contributed by atoms with Crippen molar-refractivity contribution in [3.05, 3.63) is 29.8 Å². The molecular weight excluding hydrogens is 300 g/mol. The topological polar surface area (TPSA) is 108 Å².